The topological polar surface area (TPSA) is 292 Å². The minimum absolute atomic E-state index is 0.0198. The first-order chi connectivity index (χ1) is 26.9. The number of nitrogens with one attached hydrogen (secondary N) is 4. The van der Waals surface area contributed by atoms with Crippen molar-refractivity contribution in [3.05, 3.63) is 59.7 Å². The van der Waals surface area contributed by atoms with Gasteiger partial charge in [-0.3, -0.25) is 43.9 Å². The third-order valence-electron chi connectivity index (χ3n) is 8.75. The maximum absolute atomic E-state index is 12.4. The van der Waals surface area contributed by atoms with E-state index >= 15 is 0 Å². The predicted octanol–water partition coefficient (Wildman–Crippen LogP) is 0.529. The summed E-state index contributed by atoms with van der Waals surface area (Å²) in [5.74, 6) is -0.946. The molecule has 21 nitrogen and oxygen atoms in total. The standard InChI is InChI=1S/C21H30N4O7S.C13H17N3O7S2/c1-3-31-18(26)12-21(28)8-10-24(11-9-21)13-17-14-25(20(27)32-17)16-6-4-15(5-7-16)19(22)23-33(2,29)30;1-24(18,19)15-12(14)9-3-5-10(6-4-9)16-7-11(23-13(16)17)8-22-25(2,20)21/h4-7,17,28H,3,8-14H2,1-2H3,(H2,22,23);3-6,11H,7-8H2,1-2H3,(H2,14,15). The van der Waals surface area contributed by atoms with Crippen molar-refractivity contribution in [1.82, 2.24) is 14.3 Å². The number of hydrogen-bond acceptors (Lipinski definition) is 17. The maximum atomic E-state index is 12.4. The second kappa shape index (κ2) is 18.8. The molecular weight excluding hydrogens is 827 g/mol. The lowest BCUT2D eigenvalue weighted by Crippen LogP contribution is -2.48. The van der Waals surface area contributed by atoms with Crippen molar-refractivity contribution in [2.45, 2.75) is 44.0 Å². The van der Waals surface area contributed by atoms with E-state index in [2.05, 4.69) is 13.8 Å². The number of piperidine rings is 1. The SMILES string of the molecule is CCOC(=O)CC1(O)CCN(CC2CN(c3ccc(C(=N)NS(C)(=O)=O)cc3)C(=O)O2)CC1.CS(=O)(=O)NC(=N)c1ccc(N2CC(COS(C)(=O)=O)OC2=O)cc1. The lowest BCUT2D eigenvalue weighted by atomic mass is 9.88. The number of amides is 2. The number of anilines is 2. The average molecular weight is 874 g/mol. The third-order valence-corrected chi connectivity index (χ3v) is 10.5. The molecule has 0 saturated carbocycles. The van der Waals surface area contributed by atoms with Gasteiger partial charge < -0.3 is 19.3 Å². The van der Waals surface area contributed by atoms with Crippen molar-refractivity contribution in [2.24, 2.45) is 0 Å². The van der Waals surface area contributed by atoms with Crippen molar-refractivity contribution in [3.63, 3.8) is 0 Å². The Morgan fingerprint density at radius 2 is 1.22 bits per heavy atom. The number of likely N-dealkylation sites (tertiary alicyclic amines) is 1. The number of amidine groups is 2. The predicted molar refractivity (Wildman–Crippen MR) is 210 cm³/mol. The first-order valence-electron chi connectivity index (χ1n) is 17.7. The van der Waals surface area contributed by atoms with Crippen LogP contribution in [0, 0.1) is 10.8 Å². The molecule has 2 amide bonds. The zero-order valence-corrected chi connectivity index (χ0v) is 34.6. The summed E-state index contributed by atoms with van der Waals surface area (Å²) in [7, 11) is -10.7. The van der Waals surface area contributed by atoms with Crippen LogP contribution in [0.3, 0.4) is 0 Å². The molecule has 2 aromatic carbocycles. The molecule has 3 saturated heterocycles. The van der Waals surface area contributed by atoms with Crippen LogP contribution >= 0.6 is 0 Å². The number of carbonyl (C=O) groups is 3. The number of esters is 1. The Hall–Kier alpha value is -4.88. The number of carbonyl (C=O) groups excluding carboxylic acids is 3. The van der Waals surface area contributed by atoms with E-state index in [1.54, 1.807) is 31.2 Å². The van der Waals surface area contributed by atoms with Crippen LogP contribution in [-0.4, -0.2) is 148 Å². The summed E-state index contributed by atoms with van der Waals surface area (Å²) in [6.07, 6.45) is 1.45. The van der Waals surface area contributed by atoms with Gasteiger partial charge in [-0.25, -0.2) is 26.4 Å². The molecule has 0 aromatic heterocycles. The first-order valence-corrected chi connectivity index (χ1v) is 23.3. The first kappa shape index (κ1) is 45.8. The van der Waals surface area contributed by atoms with E-state index in [0.717, 1.165) is 18.8 Å². The molecule has 3 aliphatic heterocycles. The van der Waals surface area contributed by atoms with Crippen LogP contribution in [0.5, 0.6) is 0 Å². The van der Waals surface area contributed by atoms with Gasteiger partial charge in [0.15, 0.2) is 0 Å². The second-order valence-electron chi connectivity index (χ2n) is 13.8. The van der Waals surface area contributed by atoms with Gasteiger partial charge in [0.25, 0.3) is 10.1 Å². The number of rotatable bonds is 14. The van der Waals surface area contributed by atoms with Crippen molar-refractivity contribution in [3.8, 4) is 0 Å². The molecule has 3 fully saturated rings. The number of nitrogens with zero attached hydrogens (tertiary/aromatic N) is 3. The molecule has 58 heavy (non-hydrogen) atoms. The van der Waals surface area contributed by atoms with Gasteiger partial charge in [-0.05, 0) is 68.3 Å². The molecule has 5 rings (SSSR count). The number of cyclic esters (lactones) is 2. The summed E-state index contributed by atoms with van der Waals surface area (Å²) >= 11 is 0. The fraction of sp³-hybridized carbons (Fsp3) is 0.500. The molecule has 24 heteroatoms. The molecule has 3 aliphatic rings. The Morgan fingerprint density at radius 1 is 0.793 bits per heavy atom. The van der Waals surface area contributed by atoms with E-state index < -0.39 is 60.0 Å². The quantitative estimate of drug-likeness (QED) is 0.0569. The molecule has 2 atom stereocenters. The van der Waals surface area contributed by atoms with Gasteiger partial charge in [-0.1, -0.05) is 0 Å². The van der Waals surface area contributed by atoms with Crippen molar-refractivity contribution >= 4 is 71.4 Å². The minimum atomic E-state index is -3.63. The van der Waals surface area contributed by atoms with Crippen molar-refractivity contribution in [1.29, 1.82) is 10.8 Å². The monoisotopic (exact) mass is 873 g/mol. The van der Waals surface area contributed by atoms with Gasteiger partial charge in [0.1, 0.15) is 30.5 Å². The smallest absolute Gasteiger partial charge is 0.414 e. The average Bonchev–Trinajstić information content (AvgIpc) is 3.68. The Kier molecular flexibility index (Phi) is 14.8. The number of sulfonamides is 2. The summed E-state index contributed by atoms with van der Waals surface area (Å²) in [4.78, 5) is 40.8. The van der Waals surface area contributed by atoms with Gasteiger partial charge in [0, 0.05) is 42.1 Å². The zero-order chi connectivity index (χ0) is 43.1. The lowest BCUT2D eigenvalue weighted by Gasteiger charge is -2.38. The van der Waals surface area contributed by atoms with Crippen LogP contribution < -0.4 is 19.2 Å². The fourth-order valence-corrected chi connectivity index (χ4v) is 7.42. The van der Waals surface area contributed by atoms with Crippen LogP contribution in [0.4, 0.5) is 21.0 Å². The van der Waals surface area contributed by atoms with E-state index in [1.807, 2.05) is 4.72 Å². The Balaban J connectivity index is 0.000000267. The molecule has 2 unspecified atom stereocenters. The van der Waals surface area contributed by atoms with Crippen molar-refractivity contribution in [2.75, 3.05) is 74.5 Å². The van der Waals surface area contributed by atoms with Crippen LogP contribution in [0.15, 0.2) is 48.5 Å². The van der Waals surface area contributed by atoms with E-state index in [0.29, 0.717) is 61.5 Å². The summed E-state index contributed by atoms with van der Waals surface area (Å²) in [6, 6.07) is 12.4. The lowest BCUT2D eigenvalue weighted by molar-refractivity contribution is -0.150. The Bertz CT molecular complexity index is 2180. The van der Waals surface area contributed by atoms with Crippen LogP contribution in [-0.2, 0) is 53.4 Å². The highest BCUT2D eigenvalue weighted by molar-refractivity contribution is 7.89. The Morgan fingerprint density at radius 3 is 1.64 bits per heavy atom. The maximum Gasteiger partial charge on any atom is 0.414 e. The summed E-state index contributed by atoms with van der Waals surface area (Å²) < 4.78 is 91.0. The molecule has 0 bridgehead atoms. The van der Waals surface area contributed by atoms with Gasteiger partial charge >= 0.3 is 18.2 Å². The van der Waals surface area contributed by atoms with Crippen molar-refractivity contribution < 1.29 is 63.1 Å². The molecule has 320 valence electrons. The normalized spacial score (nSPS) is 19.7. The van der Waals surface area contributed by atoms with Gasteiger partial charge in [-0.15, -0.1) is 0 Å². The molecule has 0 radical (unpaired) electrons. The highest BCUT2D eigenvalue weighted by Crippen LogP contribution is 2.28. The van der Waals surface area contributed by atoms with Gasteiger partial charge in [-0.2, -0.15) is 8.42 Å². The molecule has 2 aromatic rings. The van der Waals surface area contributed by atoms with Gasteiger partial charge in [0.2, 0.25) is 20.0 Å². The van der Waals surface area contributed by atoms with Crippen LogP contribution in [0.1, 0.15) is 37.3 Å². The third kappa shape index (κ3) is 14.2. The van der Waals surface area contributed by atoms with E-state index in [4.69, 9.17) is 25.0 Å². The Labute approximate surface area is 336 Å². The highest BCUT2D eigenvalue weighted by atomic mass is 32.2. The van der Waals surface area contributed by atoms with Crippen LogP contribution in [0.2, 0.25) is 0 Å². The molecule has 5 N–H and O–H groups in total. The largest absolute Gasteiger partial charge is 0.466 e. The summed E-state index contributed by atoms with van der Waals surface area (Å²) in [5.41, 5.74) is 0.669. The molecule has 3 heterocycles. The molecule has 0 spiro atoms. The molecule has 0 aliphatic carbocycles. The zero-order valence-electron chi connectivity index (χ0n) is 32.2. The van der Waals surface area contributed by atoms with Gasteiger partial charge in [0.05, 0.1) is 50.5 Å². The summed E-state index contributed by atoms with van der Waals surface area (Å²) in [5, 5.41) is 26.1. The van der Waals surface area contributed by atoms with E-state index in [1.165, 1.54) is 34.1 Å². The summed E-state index contributed by atoms with van der Waals surface area (Å²) in [6.45, 7) is 3.86. The van der Waals surface area contributed by atoms with E-state index in [9.17, 15) is 44.7 Å². The number of ether oxygens (including phenoxy) is 3. The molecular formula is C34H47N7O14S3. The number of aliphatic hydroxyl groups is 1. The van der Waals surface area contributed by atoms with Crippen LogP contribution in [0.25, 0.3) is 0 Å². The second-order valence-corrected chi connectivity index (χ2v) is 19.0. The fourth-order valence-electron chi connectivity index (χ4n) is 6.05. The highest BCUT2D eigenvalue weighted by Gasteiger charge is 2.38. The number of hydrogen-bond donors (Lipinski definition) is 5. The van der Waals surface area contributed by atoms with E-state index in [-0.39, 0.29) is 44.0 Å². The number of benzene rings is 2. The minimum Gasteiger partial charge on any atom is -0.466 e.